The lowest BCUT2D eigenvalue weighted by Crippen LogP contribution is -2.59. The number of methoxy groups -OCH3 is 2. The van der Waals surface area contributed by atoms with Crippen LogP contribution in [0.2, 0.25) is 0 Å². The van der Waals surface area contributed by atoms with Gasteiger partial charge in [-0.05, 0) is 51.0 Å². The molecule has 2 heterocycles. The first-order chi connectivity index (χ1) is 19.4. The molecule has 2 rings (SSSR count). The van der Waals surface area contributed by atoms with Crippen molar-refractivity contribution in [1.29, 1.82) is 0 Å². The van der Waals surface area contributed by atoms with Crippen molar-refractivity contribution >= 4 is 18.0 Å². The summed E-state index contributed by atoms with van der Waals surface area (Å²) in [5, 5.41) is 21.3. The van der Waals surface area contributed by atoms with E-state index in [1.165, 1.54) is 14.2 Å². The van der Waals surface area contributed by atoms with E-state index in [4.69, 9.17) is 23.7 Å². The van der Waals surface area contributed by atoms with E-state index in [0.29, 0.717) is 25.7 Å². The summed E-state index contributed by atoms with van der Waals surface area (Å²) in [7, 11) is 2.98. The van der Waals surface area contributed by atoms with Gasteiger partial charge in [0.25, 0.3) is 0 Å². The van der Waals surface area contributed by atoms with Crippen LogP contribution in [0.15, 0.2) is 23.8 Å². The first-order valence-corrected chi connectivity index (χ1v) is 14.7. The molecule has 0 bridgehead atoms. The molecule has 10 heteroatoms. The number of allylic oxidation sites excluding steroid dienone is 3. The number of ether oxygens (including phenoxy) is 5. The number of hydrogen-bond acceptors (Lipinski definition) is 10. The Labute approximate surface area is 244 Å². The Morgan fingerprint density at radius 3 is 2.34 bits per heavy atom. The van der Waals surface area contributed by atoms with Gasteiger partial charge in [0.05, 0.1) is 25.2 Å². The van der Waals surface area contributed by atoms with Gasteiger partial charge in [-0.15, -0.1) is 0 Å². The van der Waals surface area contributed by atoms with Crippen molar-refractivity contribution < 1.29 is 48.3 Å². The zero-order chi connectivity index (χ0) is 30.7. The van der Waals surface area contributed by atoms with Crippen LogP contribution in [0.5, 0.6) is 0 Å². The van der Waals surface area contributed by atoms with Gasteiger partial charge in [-0.25, -0.2) is 0 Å². The zero-order valence-electron chi connectivity index (χ0n) is 25.6. The SMILES string of the molecule is CC[C@H]1OC(=O)C[C@@H](O)[C@H](C)C[C@@H](CC=O)C[C@@H](C)C(=O)/C=C/C(C)=C/C1CO[C@@H]1OC(C)[C@@H](O)C(OC)C1OC. The fourth-order valence-corrected chi connectivity index (χ4v) is 5.66. The molecule has 2 aliphatic heterocycles. The average Bonchev–Trinajstić information content (AvgIpc) is 2.93. The van der Waals surface area contributed by atoms with Crippen LogP contribution in [0.3, 0.4) is 0 Å². The standard InChI is InChI=1S/C31H50O10/c1-8-26-23(17-39-31-30(38-7)29(37-6)28(36)21(5)40-31)13-18(2)9-10-24(33)19(3)14-22(11-12-32)15-20(4)25(34)16-27(35)41-26/h9-10,12-13,19-23,25-26,28-31,34,36H,8,11,14-17H2,1-7H3/b10-9+,18-13+/t19-,20-,21?,22+,23?,25-,26-,28-,29?,30?,31-/m1/s1. The van der Waals surface area contributed by atoms with Crippen LogP contribution < -0.4 is 0 Å². The second-order valence-corrected chi connectivity index (χ2v) is 11.6. The average molecular weight is 583 g/mol. The molecule has 0 aliphatic carbocycles. The Hall–Kier alpha value is -1.95. The van der Waals surface area contributed by atoms with E-state index in [0.717, 1.165) is 11.9 Å². The van der Waals surface area contributed by atoms with Gasteiger partial charge in [-0.3, -0.25) is 9.59 Å². The van der Waals surface area contributed by atoms with Crippen LogP contribution in [0.1, 0.15) is 66.7 Å². The molecular formula is C31H50O10. The molecule has 0 spiro atoms. The number of aliphatic hydroxyl groups excluding tert-OH is 2. The van der Waals surface area contributed by atoms with Crippen molar-refractivity contribution in [2.24, 2.45) is 23.7 Å². The number of aldehydes is 1. The highest BCUT2D eigenvalue weighted by Crippen LogP contribution is 2.29. The lowest BCUT2D eigenvalue weighted by molar-refractivity contribution is -0.304. The summed E-state index contributed by atoms with van der Waals surface area (Å²) in [4.78, 5) is 37.1. The van der Waals surface area contributed by atoms with Crippen LogP contribution >= 0.6 is 0 Å². The maximum Gasteiger partial charge on any atom is 0.308 e. The lowest BCUT2D eigenvalue weighted by atomic mass is 9.82. The summed E-state index contributed by atoms with van der Waals surface area (Å²) < 4.78 is 28.9. The molecule has 4 unspecified atom stereocenters. The monoisotopic (exact) mass is 582 g/mol. The minimum Gasteiger partial charge on any atom is -0.462 e. The van der Waals surface area contributed by atoms with E-state index in [1.54, 1.807) is 19.1 Å². The van der Waals surface area contributed by atoms with E-state index in [-0.39, 0.29) is 36.6 Å². The molecule has 0 aromatic heterocycles. The molecule has 11 atom stereocenters. The third-order valence-electron chi connectivity index (χ3n) is 8.25. The normalized spacial score (nSPS) is 40.3. The first-order valence-electron chi connectivity index (χ1n) is 14.7. The van der Waals surface area contributed by atoms with E-state index >= 15 is 0 Å². The Morgan fingerprint density at radius 1 is 1.05 bits per heavy atom. The molecule has 0 aromatic rings. The Morgan fingerprint density at radius 2 is 1.73 bits per heavy atom. The molecule has 0 saturated carbocycles. The van der Waals surface area contributed by atoms with Crippen molar-refractivity contribution in [2.75, 3.05) is 20.8 Å². The number of cyclic esters (lactones) is 1. The highest BCUT2D eigenvalue weighted by molar-refractivity contribution is 5.91. The fourth-order valence-electron chi connectivity index (χ4n) is 5.66. The maximum atomic E-state index is 12.9. The smallest absolute Gasteiger partial charge is 0.308 e. The molecule has 41 heavy (non-hydrogen) atoms. The summed E-state index contributed by atoms with van der Waals surface area (Å²) in [5.41, 5.74) is 0.783. The van der Waals surface area contributed by atoms with Gasteiger partial charge in [0, 0.05) is 32.5 Å². The quantitative estimate of drug-likeness (QED) is 0.324. The van der Waals surface area contributed by atoms with E-state index in [9.17, 15) is 24.6 Å². The number of carbonyl (C=O) groups excluding carboxylic acids is 3. The number of aliphatic hydroxyl groups is 2. The molecule has 2 N–H and O–H groups in total. The van der Waals surface area contributed by atoms with Gasteiger partial charge in [-0.1, -0.05) is 38.5 Å². The predicted molar refractivity (Wildman–Crippen MR) is 152 cm³/mol. The largest absolute Gasteiger partial charge is 0.462 e. The van der Waals surface area contributed by atoms with Crippen molar-refractivity contribution in [3.63, 3.8) is 0 Å². The van der Waals surface area contributed by atoms with Crippen LogP contribution in [-0.2, 0) is 38.1 Å². The van der Waals surface area contributed by atoms with Crippen LogP contribution in [0.4, 0.5) is 0 Å². The molecule has 1 fully saturated rings. The summed E-state index contributed by atoms with van der Waals surface area (Å²) in [6, 6.07) is 0. The zero-order valence-corrected chi connectivity index (χ0v) is 25.6. The van der Waals surface area contributed by atoms with Crippen LogP contribution in [0.25, 0.3) is 0 Å². The Balaban J connectivity index is 2.35. The molecule has 234 valence electrons. The Kier molecular flexibility index (Phi) is 14.8. The fraction of sp³-hybridized carbons (Fsp3) is 0.774. The van der Waals surface area contributed by atoms with Gasteiger partial charge in [-0.2, -0.15) is 0 Å². The highest BCUT2D eigenvalue weighted by Gasteiger charge is 2.45. The summed E-state index contributed by atoms with van der Waals surface area (Å²) in [6.07, 6.45) is 2.46. The van der Waals surface area contributed by atoms with Gasteiger partial charge >= 0.3 is 5.97 Å². The molecule has 0 aromatic carbocycles. The molecule has 1 saturated heterocycles. The number of carbonyl (C=O) groups is 3. The summed E-state index contributed by atoms with van der Waals surface area (Å²) in [5.74, 6) is -1.62. The predicted octanol–water partition coefficient (Wildman–Crippen LogP) is 3.17. The Bertz CT molecular complexity index is 901. The van der Waals surface area contributed by atoms with Crippen molar-refractivity contribution in [3.8, 4) is 0 Å². The second-order valence-electron chi connectivity index (χ2n) is 11.6. The van der Waals surface area contributed by atoms with Crippen LogP contribution in [-0.4, -0.2) is 92.0 Å². The van der Waals surface area contributed by atoms with Crippen molar-refractivity contribution in [3.05, 3.63) is 23.8 Å². The summed E-state index contributed by atoms with van der Waals surface area (Å²) in [6.45, 7) is 9.25. The first kappa shape index (κ1) is 35.2. The van der Waals surface area contributed by atoms with Gasteiger partial charge in [0.2, 0.25) is 0 Å². The van der Waals surface area contributed by atoms with E-state index in [2.05, 4.69) is 0 Å². The van der Waals surface area contributed by atoms with Crippen molar-refractivity contribution in [2.45, 2.75) is 110 Å². The number of rotatable bonds is 8. The minimum atomic E-state index is -0.947. The molecule has 10 nitrogen and oxygen atoms in total. The topological polar surface area (TPSA) is 138 Å². The number of ketones is 1. The van der Waals surface area contributed by atoms with E-state index in [1.807, 2.05) is 33.8 Å². The van der Waals surface area contributed by atoms with Gasteiger partial charge in [0.1, 0.15) is 30.7 Å². The molecule has 0 radical (unpaired) electrons. The van der Waals surface area contributed by atoms with Crippen LogP contribution in [0, 0.1) is 23.7 Å². The van der Waals surface area contributed by atoms with Crippen molar-refractivity contribution in [1.82, 2.24) is 0 Å². The molecule has 0 amide bonds. The second kappa shape index (κ2) is 17.2. The number of hydrogen-bond donors (Lipinski definition) is 2. The van der Waals surface area contributed by atoms with Gasteiger partial charge in [0.15, 0.2) is 12.1 Å². The minimum absolute atomic E-state index is 0.0445. The molecular weight excluding hydrogens is 532 g/mol. The summed E-state index contributed by atoms with van der Waals surface area (Å²) >= 11 is 0. The lowest BCUT2D eigenvalue weighted by Gasteiger charge is -2.42. The number of esters is 1. The van der Waals surface area contributed by atoms with E-state index < -0.39 is 54.8 Å². The van der Waals surface area contributed by atoms with Gasteiger partial charge < -0.3 is 38.7 Å². The maximum absolute atomic E-state index is 12.9. The molecule has 2 aliphatic rings. The highest BCUT2D eigenvalue weighted by atomic mass is 16.7. The third-order valence-corrected chi connectivity index (χ3v) is 8.25. The third kappa shape index (κ3) is 10.4.